The maximum Gasteiger partial charge on any atom is 0.441 e. The number of hydrogen-bond acceptors (Lipinski definition) is 2. The lowest BCUT2D eigenvalue weighted by molar-refractivity contribution is -0.0327. The molecule has 0 bridgehead atoms. The van der Waals surface area contributed by atoms with Crippen molar-refractivity contribution >= 4 is 41.7 Å². The summed E-state index contributed by atoms with van der Waals surface area (Å²) in [5.41, 5.74) is -4.15. The number of nitrogens with zero attached hydrogens (tertiary/aromatic N) is 1. The third-order valence-corrected chi connectivity index (χ3v) is 3.32. The number of halogens is 4. The van der Waals surface area contributed by atoms with Gasteiger partial charge in [0.15, 0.2) is 5.96 Å². The van der Waals surface area contributed by atoms with Crippen molar-refractivity contribution in [3.8, 4) is 0 Å². The van der Waals surface area contributed by atoms with E-state index >= 15 is 0 Å². The molecule has 0 aliphatic heterocycles. The van der Waals surface area contributed by atoms with Crippen LogP contribution in [0.3, 0.4) is 0 Å². The predicted molar refractivity (Wildman–Crippen MR) is 80.7 cm³/mol. The van der Waals surface area contributed by atoms with Crippen LogP contribution in [0.1, 0.15) is 25.7 Å². The largest absolute Gasteiger partial charge is 0.441 e. The first-order valence-corrected chi connectivity index (χ1v) is 6.67. The Bertz CT molecular complexity index is 255. The molecule has 0 aromatic heterocycles. The Labute approximate surface area is 127 Å². The van der Waals surface area contributed by atoms with E-state index in [4.69, 9.17) is 0 Å². The molecule has 3 nitrogen and oxygen atoms in total. The number of guanidine groups is 1. The van der Waals surface area contributed by atoms with Crippen molar-refractivity contribution in [1.82, 2.24) is 10.6 Å². The quantitative estimate of drug-likeness (QED) is 0.332. The molecule has 1 aliphatic rings. The number of aliphatic imine (C=N–C) groups is 1. The number of rotatable bonds is 4. The Morgan fingerprint density at radius 1 is 1.33 bits per heavy atom. The Morgan fingerprint density at radius 2 is 1.94 bits per heavy atom. The summed E-state index contributed by atoms with van der Waals surface area (Å²) in [6.45, 7) is 0.260. The van der Waals surface area contributed by atoms with Crippen molar-refractivity contribution in [2.24, 2.45) is 4.99 Å². The molecule has 1 fully saturated rings. The van der Waals surface area contributed by atoms with Gasteiger partial charge in [-0.05, 0) is 24.6 Å². The third-order valence-electron chi connectivity index (χ3n) is 2.58. The van der Waals surface area contributed by atoms with Gasteiger partial charge in [0.05, 0.1) is 0 Å². The smallest absolute Gasteiger partial charge is 0.356 e. The molecule has 2 N–H and O–H groups in total. The monoisotopic (exact) mass is 397 g/mol. The SMILES string of the molecule is CN=C(NCCSC(F)(F)F)NC1CCCC1.I. The van der Waals surface area contributed by atoms with Gasteiger partial charge in [-0.2, -0.15) is 13.2 Å². The molecule has 1 aliphatic carbocycles. The summed E-state index contributed by atoms with van der Waals surface area (Å²) in [4.78, 5) is 3.99. The molecule has 8 heteroatoms. The lowest BCUT2D eigenvalue weighted by atomic mass is 10.2. The summed E-state index contributed by atoms with van der Waals surface area (Å²) >= 11 is -0.0165. The van der Waals surface area contributed by atoms with E-state index < -0.39 is 5.51 Å². The molecule has 0 saturated heterocycles. The minimum atomic E-state index is -4.15. The van der Waals surface area contributed by atoms with Crippen LogP contribution < -0.4 is 10.6 Å². The number of thioether (sulfide) groups is 1. The number of nitrogens with one attached hydrogen (secondary N) is 2. The van der Waals surface area contributed by atoms with Crippen molar-refractivity contribution < 1.29 is 13.2 Å². The van der Waals surface area contributed by atoms with Crippen molar-refractivity contribution in [3.05, 3.63) is 0 Å². The maximum atomic E-state index is 11.9. The minimum Gasteiger partial charge on any atom is -0.356 e. The Hall–Kier alpha value is 0.140. The Kier molecular flexibility index (Phi) is 9.18. The molecule has 0 heterocycles. The van der Waals surface area contributed by atoms with Crippen LogP contribution in [0.15, 0.2) is 4.99 Å². The average molecular weight is 397 g/mol. The number of alkyl halides is 3. The van der Waals surface area contributed by atoms with E-state index in [9.17, 15) is 13.2 Å². The summed E-state index contributed by atoms with van der Waals surface area (Å²) in [5, 5.41) is 6.10. The average Bonchev–Trinajstić information content (AvgIpc) is 2.73. The molecule has 0 atom stereocenters. The summed E-state index contributed by atoms with van der Waals surface area (Å²) in [5.74, 6) is 0.592. The molecule has 0 radical (unpaired) electrons. The first-order valence-electron chi connectivity index (χ1n) is 5.69. The van der Waals surface area contributed by atoms with Gasteiger partial charge in [0.25, 0.3) is 0 Å². The van der Waals surface area contributed by atoms with E-state index in [1.165, 1.54) is 12.8 Å². The van der Waals surface area contributed by atoms with Crippen LogP contribution >= 0.6 is 35.7 Å². The molecule has 1 saturated carbocycles. The molecular formula is C10H19F3IN3S. The van der Waals surface area contributed by atoms with Crippen LogP contribution in [-0.2, 0) is 0 Å². The van der Waals surface area contributed by atoms with Crippen LogP contribution in [-0.4, -0.2) is 36.9 Å². The molecular weight excluding hydrogens is 378 g/mol. The van der Waals surface area contributed by atoms with Crippen molar-refractivity contribution in [3.63, 3.8) is 0 Å². The zero-order valence-electron chi connectivity index (χ0n) is 10.2. The summed E-state index contributed by atoms with van der Waals surface area (Å²) < 4.78 is 35.6. The van der Waals surface area contributed by atoms with E-state index in [1.54, 1.807) is 7.05 Å². The first kappa shape index (κ1) is 18.1. The molecule has 0 unspecified atom stereocenters. The van der Waals surface area contributed by atoms with Gasteiger partial charge in [-0.3, -0.25) is 4.99 Å². The second-order valence-electron chi connectivity index (χ2n) is 3.92. The fourth-order valence-corrected chi connectivity index (χ4v) is 2.23. The number of hydrogen-bond donors (Lipinski definition) is 2. The second kappa shape index (κ2) is 9.11. The fourth-order valence-electron chi connectivity index (χ4n) is 1.79. The predicted octanol–water partition coefficient (Wildman–Crippen LogP) is 2.97. The summed E-state index contributed by atoms with van der Waals surface area (Å²) in [6.07, 6.45) is 4.63. The highest BCUT2D eigenvalue weighted by atomic mass is 127. The van der Waals surface area contributed by atoms with Gasteiger partial charge in [-0.25, -0.2) is 0 Å². The van der Waals surface area contributed by atoms with E-state index in [-0.39, 0.29) is 48.0 Å². The normalized spacial score (nSPS) is 17.4. The van der Waals surface area contributed by atoms with E-state index in [1.807, 2.05) is 0 Å². The van der Waals surface area contributed by atoms with Gasteiger partial charge in [0.2, 0.25) is 0 Å². The lowest BCUT2D eigenvalue weighted by Crippen LogP contribution is -2.43. The van der Waals surface area contributed by atoms with Crippen LogP contribution in [0.5, 0.6) is 0 Å². The third kappa shape index (κ3) is 8.28. The van der Waals surface area contributed by atoms with Crippen LogP contribution in [0.25, 0.3) is 0 Å². The van der Waals surface area contributed by atoms with Gasteiger partial charge in [0.1, 0.15) is 0 Å². The fraction of sp³-hybridized carbons (Fsp3) is 0.900. The molecule has 0 aromatic carbocycles. The van der Waals surface area contributed by atoms with Crippen LogP contribution in [0.2, 0.25) is 0 Å². The molecule has 108 valence electrons. The van der Waals surface area contributed by atoms with Gasteiger partial charge < -0.3 is 10.6 Å². The van der Waals surface area contributed by atoms with Crippen molar-refractivity contribution in [2.45, 2.75) is 37.2 Å². The van der Waals surface area contributed by atoms with Crippen LogP contribution in [0.4, 0.5) is 13.2 Å². The van der Waals surface area contributed by atoms with E-state index in [2.05, 4.69) is 15.6 Å². The highest BCUT2D eigenvalue weighted by Crippen LogP contribution is 2.29. The van der Waals surface area contributed by atoms with Gasteiger partial charge in [0, 0.05) is 25.4 Å². The molecule has 18 heavy (non-hydrogen) atoms. The van der Waals surface area contributed by atoms with Gasteiger partial charge in [-0.15, -0.1) is 24.0 Å². The van der Waals surface area contributed by atoms with E-state index in [0.717, 1.165) is 12.8 Å². The zero-order chi connectivity index (χ0) is 12.7. The van der Waals surface area contributed by atoms with Gasteiger partial charge in [-0.1, -0.05) is 12.8 Å². The first-order chi connectivity index (χ1) is 8.01. The van der Waals surface area contributed by atoms with Crippen molar-refractivity contribution in [2.75, 3.05) is 19.3 Å². The maximum absolute atomic E-state index is 11.9. The van der Waals surface area contributed by atoms with Gasteiger partial charge >= 0.3 is 5.51 Å². The molecule has 0 amide bonds. The minimum absolute atomic E-state index is 0. The molecule has 0 spiro atoms. The summed E-state index contributed by atoms with van der Waals surface area (Å²) in [7, 11) is 1.63. The topological polar surface area (TPSA) is 36.4 Å². The van der Waals surface area contributed by atoms with Crippen LogP contribution in [0, 0.1) is 0 Å². The zero-order valence-corrected chi connectivity index (χ0v) is 13.4. The molecule has 0 aromatic rings. The van der Waals surface area contributed by atoms with E-state index in [0.29, 0.717) is 12.0 Å². The second-order valence-corrected chi connectivity index (χ2v) is 5.08. The summed E-state index contributed by atoms with van der Waals surface area (Å²) in [6, 6.07) is 0.413. The van der Waals surface area contributed by atoms with Crippen molar-refractivity contribution in [1.29, 1.82) is 0 Å². The standard InChI is InChI=1S/C10H18F3N3S.HI/c1-14-9(16-8-4-2-3-5-8)15-6-7-17-10(11,12)13;/h8H,2-7H2,1H3,(H2,14,15,16);1H. The molecule has 1 rings (SSSR count). The Morgan fingerprint density at radius 3 is 2.44 bits per heavy atom. The Balaban J connectivity index is 0.00000289. The highest BCUT2D eigenvalue weighted by molar-refractivity contribution is 14.0. The lowest BCUT2D eigenvalue weighted by Gasteiger charge is -2.16. The highest BCUT2D eigenvalue weighted by Gasteiger charge is 2.27.